The molecule has 3 aromatic rings. The Labute approximate surface area is 297 Å². The van der Waals surface area contributed by atoms with Crippen LogP contribution in [0.3, 0.4) is 0 Å². The van der Waals surface area contributed by atoms with Crippen molar-refractivity contribution in [2.75, 3.05) is 0 Å². The Morgan fingerprint density at radius 1 is 0.796 bits per heavy atom. The summed E-state index contributed by atoms with van der Waals surface area (Å²) in [7, 11) is -0.378. The van der Waals surface area contributed by atoms with Gasteiger partial charge < -0.3 is 24.3 Å². The lowest BCUT2D eigenvalue weighted by Gasteiger charge is -2.30. The molecule has 6 heteroatoms. The van der Waals surface area contributed by atoms with Gasteiger partial charge in [-0.25, -0.2) is 0 Å². The van der Waals surface area contributed by atoms with Crippen LogP contribution in [0.15, 0.2) is 135 Å². The Morgan fingerprint density at radius 3 is 1.73 bits per heavy atom. The van der Waals surface area contributed by atoms with Crippen molar-refractivity contribution in [1.29, 1.82) is 0 Å². The van der Waals surface area contributed by atoms with Crippen molar-refractivity contribution in [3.05, 3.63) is 151 Å². The molecule has 0 saturated carbocycles. The molecule has 5 nitrogen and oxygen atoms in total. The highest BCUT2D eigenvalue weighted by Crippen LogP contribution is 2.36. The molecule has 0 aromatic heterocycles. The van der Waals surface area contributed by atoms with Crippen molar-refractivity contribution in [3.63, 3.8) is 0 Å². The van der Waals surface area contributed by atoms with Crippen LogP contribution in [0.4, 0.5) is 0 Å². The summed E-state index contributed by atoms with van der Waals surface area (Å²) >= 11 is 0. The van der Waals surface area contributed by atoms with E-state index in [1.165, 1.54) is 16.7 Å². The molecule has 3 atom stereocenters. The number of benzene rings is 3. The normalized spacial score (nSPS) is 17.7. The maximum atomic E-state index is 10.1. The van der Waals surface area contributed by atoms with E-state index in [1.54, 1.807) is 13.0 Å². The highest BCUT2D eigenvalue weighted by atomic mass is 16.7. The average Bonchev–Trinajstić information content (AvgIpc) is 3.31. The molecule has 0 spiro atoms. The predicted molar refractivity (Wildman–Crippen MR) is 208 cm³/mol. The lowest BCUT2D eigenvalue weighted by molar-refractivity contribution is -0.176. The van der Waals surface area contributed by atoms with Gasteiger partial charge in [0.2, 0.25) is 0 Å². The van der Waals surface area contributed by atoms with E-state index in [-0.39, 0.29) is 31.0 Å². The van der Waals surface area contributed by atoms with E-state index in [0.29, 0.717) is 6.32 Å². The molecule has 1 aliphatic rings. The SMILES string of the molecule is C=C/C=C/c1ccccc1.C=C[C@H](Cc1ccccc1)[C@@H](O)C(C)C.CC(C)C=O.CC1(C)OB(C/C=C\Cc2ccccc2)OC1(C)O. The number of rotatable bonds is 12. The molecule has 0 radical (unpaired) electrons. The minimum atomic E-state index is -1.23. The van der Waals surface area contributed by atoms with E-state index >= 15 is 0 Å². The van der Waals surface area contributed by atoms with Crippen LogP contribution in [-0.4, -0.2) is 41.1 Å². The molecule has 0 amide bonds. The van der Waals surface area contributed by atoms with Crippen molar-refractivity contribution < 1.29 is 24.3 Å². The molecule has 3 aromatic carbocycles. The van der Waals surface area contributed by atoms with Gasteiger partial charge in [-0.05, 0) is 56.2 Å². The third-order valence-electron chi connectivity index (χ3n) is 7.83. The molecular weight excluding hydrogens is 607 g/mol. The topological polar surface area (TPSA) is 76.0 Å². The zero-order chi connectivity index (χ0) is 36.7. The first-order valence-electron chi connectivity index (χ1n) is 17.2. The molecular formula is C43H59BO5. The Kier molecular flexibility index (Phi) is 20.8. The van der Waals surface area contributed by atoms with Crippen LogP contribution in [0.2, 0.25) is 6.32 Å². The summed E-state index contributed by atoms with van der Waals surface area (Å²) in [6.45, 7) is 20.5. The second kappa shape index (κ2) is 23.5. The van der Waals surface area contributed by atoms with Crippen molar-refractivity contribution >= 4 is 19.5 Å². The Morgan fingerprint density at radius 2 is 1.31 bits per heavy atom. The minimum Gasteiger partial charge on any atom is -0.400 e. The highest BCUT2D eigenvalue weighted by molar-refractivity contribution is 6.46. The first-order chi connectivity index (χ1) is 23.3. The van der Waals surface area contributed by atoms with Crippen LogP contribution in [0, 0.1) is 17.8 Å². The van der Waals surface area contributed by atoms with E-state index in [1.807, 2.05) is 120 Å². The maximum Gasteiger partial charge on any atom is 0.463 e. The summed E-state index contributed by atoms with van der Waals surface area (Å²) < 4.78 is 11.2. The van der Waals surface area contributed by atoms with E-state index < -0.39 is 11.4 Å². The number of aliphatic hydroxyl groups is 2. The number of hydrogen-bond acceptors (Lipinski definition) is 5. The predicted octanol–water partition coefficient (Wildman–Crippen LogP) is 9.58. The van der Waals surface area contributed by atoms with Crippen LogP contribution in [0.25, 0.3) is 6.08 Å². The zero-order valence-electron chi connectivity index (χ0n) is 30.7. The number of carbonyl (C=O) groups is 1. The van der Waals surface area contributed by atoms with Gasteiger partial charge in [0.15, 0.2) is 5.79 Å². The molecule has 1 saturated heterocycles. The summed E-state index contributed by atoms with van der Waals surface area (Å²) in [5, 5.41) is 20.0. The molecule has 1 heterocycles. The fraction of sp³-hybridized carbons (Fsp3) is 0.372. The highest BCUT2D eigenvalue weighted by Gasteiger charge is 2.52. The van der Waals surface area contributed by atoms with Gasteiger partial charge >= 0.3 is 7.12 Å². The number of hydrogen-bond donors (Lipinski definition) is 2. The van der Waals surface area contributed by atoms with Gasteiger partial charge in [0.25, 0.3) is 0 Å². The number of aldehydes is 1. The van der Waals surface area contributed by atoms with Crippen LogP contribution in [0.1, 0.15) is 65.2 Å². The summed E-state index contributed by atoms with van der Waals surface area (Å²) in [5.41, 5.74) is 3.06. The lowest BCUT2D eigenvalue weighted by atomic mass is 9.85. The van der Waals surface area contributed by atoms with Gasteiger partial charge in [-0.3, -0.25) is 0 Å². The van der Waals surface area contributed by atoms with Gasteiger partial charge in [-0.15, -0.1) is 6.58 Å². The van der Waals surface area contributed by atoms with Crippen molar-refractivity contribution in [1.82, 2.24) is 0 Å². The molecule has 0 aliphatic carbocycles. The molecule has 49 heavy (non-hydrogen) atoms. The second-order valence-electron chi connectivity index (χ2n) is 13.3. The van der Waals surface area contributed by atoms with Crippen molar-refractivity contribution in [2.45, 2.75) is 85.1 Å². The van der Waals surface area contributed by atoms with Gasteiger partial charge in [-0.2, -0.15) is 0 Å². The molecule has 4 rings (SSSR count). The molecule has 1 aliphatic heterocycles. The zero-order valence-corrected chi connectivity index (χ0v) is 30.7. The third kappa shape index (κ3) is 18.0. The van der Waals surface area contributed by atoms with Gasteiger partial charge in [0.1, 0.15) is 11.9 Å². The summed E-state index contributed by atoms with van der Waals surface area (Å²) in [5.74, 6) is -0.607. The van der Waals surface area contributed by atoms with Gasteiger partial charge in [-0.1, -0.05) is 162 Å². The summed E-state index contributed by atoms with van der Waals surface area (Å²) in [6.07, 6.45) is 14.7. The first kappa shape index (κ1) is 43.2. The van der Waals surface area contributed by atoms with E-state index in [4.69, 9.17) is 9.31 Å². The van der Waals surface area contributed by atoms with Crippen LogP contribution in [-0.2, 0) is 26.9 Å². The maximum absolute atomic E-state index is 10.1. The van der Waals surface area contributed by atoms with E-state index in [2.05, 4.69) is 55.6 Å². The number of carbonyl (C=O) groups excluding carboxylic acids is 1. The quantitative estimate of drug-likeness (QED) is 0.0872. The lowest BCUT2D eigenvalue weighted by Crippen LogP contribution is -2.44. The van der Waals surface area contributed by atoms with E-state index in [0.717, 1.165) is 19.1 Å². The first-order valence-corrected chi connectivity index (χ1v) is 17.2. The Bertz CT molecular complexity index is 1350. The average molecular weight is 667 g/mol. The smallest absolute Gasteiger partial charge is 0.400 e. The van der Waals surface area contributed by atoms with Gasteiger partial charge in [0.05, 0.1) is 6.10 Å². The van der Waals surface area contributed by atoms with Crippen LogP contribution >= 0.6 is 0 Å². The second-order valence-corrected chi connectivity index (χ2v) is 13.3. The van der Waals surface area contributed by atoms with Crippen LogP contribution < -0.4 is 0 Å². The monoisotopic (exact) mass is 666 g/mol. The van der Waals surface area contributed by atoms with Crippen molar-refractivity contribution in [2.24, 2.45) is 17.8 Å². The molecule has 0 bridgehead atoms. The van der Waals surface area contributed by atoms with Crippen molar-refractivity contribution in [3.8, 4) is 0 Å². The largest absolute Gasteiger partial charge is 0.463 e. The molecule has 264 valence electrons. The number of aliphatic hydroxyl groups excluding tert-OH is 1. The minimum absolute atomic E-state index is 0.146. The standard InChI is InChI=1S/C15H21BO3.C14H20O.C10H10.C4H8O/c1-14(2)15(3,17)19-16(18-14)12-8-7-11-13-9-5-4-6-10-13;1-4-13(14(15)11(2)3)10-12-8-6-5-7-9-12;1-2-3-7-10-8-5-4-6-9-10;1-4(2)3-5/h4-10,17H,11-12H2,1-3H3;4-9,11,13-15H,1,10H2,2-3H3;2-9H,1H2;3-4H,1-2H3/b8-7-;;7-3+;/t;13-,14+;;/m.1../s1. The fourth-order valence-electron chi connectivity index (χ4n) is 4.46. The number of allylic oxidation sites excluding steroid dienone is 4. The fourth-order valence-corrected chi connectivity index (χ4v) is 4.46. The van der Waals surface area contributed by atoms with E-state index in [9.17, 15) is 15.0 Å². The summed E-state index contributed by atoms with van der Waals surface area (Å²) in [4.78, 5) is 9.50. The third-order valence-corrected chi connectivity index (χ3v) is 7.83. The molecule has 1 unspecified atom stereocenters. The molecule has 1 fully saturated rings. The Hall–Kier alpha value is -3.81. The molecule has 2 N–H and O–H groups in total. The van der Waals surface area contributed by atoms with Crippen LogP contribution in [0.5, 0.6) is 0 Å². The van der Waals surface area contributed by atoms with Gasteiger partial charge in [0, 0.05) is 18.2 Å². The summed E-state index contributed by atoms with van der Waals surface area (Å²) in [6, 6.07) is 30.7. The Balaban J connectivity index is 0.000000357.